The van der Waals surface area contributed by atoms with Crippen molar-refractivity contribution < 1.29 is 4.79 Å². The quantitative estimate of drug-likeness (QED) is 0.543. The maximum absolute atomic E-state index is 13.2. The molecule has 32 heavy (non-hydrogen) atoms. The first-order chi connectivity index (χ1) is 15.5. The first-order valence-corrected chi connectivity index (χ1v) is 10.6. The molecule has 1 aliphatic rings. The van der Waals surface area contributed by atoms with Gasteiger partial charge in [0.1, 0.15) is 0 Å². The standard InChI is InChI=1S/C24H23N7O/c1-29-22-11-20(9-8-18(22)14-27-29)31-23(17-6-4-16(13-25)5-7-17)12-21(28-31)24(32)30-10-2-3-19(26)15-30/h4-9,11-12,14,19H,2-3,10,15,26H2,1H3. The number of fused-ring (bicyclic) bond motifs is 1. The zero-order valence-electron chi connectivity index (χ0n) is 17.8. The van der Waals surface area contributed by atoms with Crippen LogP contribution in [-0.4, -0.2) is 49.5 Å². The average molecular weight is 425 g/mol. The summed E-state index contributed by atoms with van der Waals surface area (Å²) in [6, 6.07) is 17.2. The van der Waals surface area contributed by atoms with E-state index in [0.29, 0.717) is 24.3 Å². The van der Waals surface area contributed by atoms with Gasteiger partial charge in [-0.25, -0.2) is 4.68 Å². The summed E-state index contributed by atoms with van der Waals surface area (Å²) in [7, 11) is 1.89. The lowest BCUT2D eigenvalue weighted by Gasteiger charge is -2.30. The zero-order valence-corrected chi connectivity index (χ0v) is 17.8. The first-order valence-electron chi connectivity index (χ1n) is 10.6. The number of likely N-dealkylation sites (tertiary alicyclic amines) is 1. The Morgan fingerprint density at radius 1 is 1.19 bits per heavy atom. The topological polar surface area (TPSA) is 106 Å². The molecule has 0 radical (unpaired) electrons. The van der Waals surface area contributed by atoms with E-state index in [0.717, 1.165) is 40.7 Å². The lowest BCUT2D eigenvalue weighted by atomic mass is 10.1. The summed E-state index contributed by atoms with van der Waals surface area (Å²) in [5, 5.41) is 19.2. The monoisotopic (exact) mass is 425 g/mol. The highest BCUT2D eigenvalue weighted by Crippen LogP contribution is 2.27. The average Bonchev–Trinajstić information content (AvgIpc) is 3.43. The van der Waals surface area contributed by atoms with Crippen molar-refractivity contribution >= 4 is 16.8 Å². The number of nitriles is 1. The second-order valence-electron chi connectivity index (χ2n) is 8.18. The van der Waals surface area contributed by atoms with E-state index in [1.807, 2.05) is 54.3 Å². The van der Waals surface area contributed by atoms with Gasteiger partial charge < -0.3 is 10.6 Å². The Balaban J connectivity index is 1.62. The number of benzene rings is 2. The molecule has 1 atom stereocenters. The summed E-state index contributed by atoms with van der Waals surface area (Å²) in [5.74, 6) is -0.115. The van der Waals surface area contributed by atoms with Crippen LogP contribution < -0.4 is 5.73 Å². The second kappa shape index (κ2) is 7.94. The number of hydrogen-bond donors (Lipinski definition) is 1. The fraction of sp³-hybridized carbons (Fsp3) is 0.250. The van der Waals surface area contributed by atoms with Crippen molar-refractivity contribution in [2.75, 3.05) is 13.1 Å². The van der Waals surface area contributed by atoms with Crippen molar-refractivity contribution in [1.29, 1.82) is 5.26 Å². The maximum Gasteiger partial charge on any atom is 0.274 e. The predicted octanol–water partition coefficient (Wildman–Crippen LogP) is 2.86. The molecule has 2 aromatic carbocycles. The van der Waals surface area contributed by atoms with Crippen molar-refractivity contribution in [3.63, 3.8) is 0 Å². The Labute approximate surface area is 185 Å². The van der Waals surface area contributed by atoms with Crippen molar-refractivity contribution in [3.8, 4) is 23.0 Å². The number of aryl methyl sites for hydroxylation is 1. The van der Waals surface area contributed by atoms with Crippen molar-refractivity contribution in [2.45, 2.75) is 18.9 Å². The van der Waals surface area contributed by atoms with Crippen LogP contribution in [0.25, 0.3) is 27.8 Å². The maximum atomic E-state index is 13.2. The number of carbonyl (C=O) groups excluding carboxylic acids is 1. The van der Waals surface area contributed by atoms with Gasteiger partial charge in [-0.3, -0.25) is 9.48 Å². The van der Waals surface area contributed by atoms with Gasteiger partial charge in [0, 0.05) is 37.1 Å². The van der Waals surface area contributed by atoms with Crippen LogP contribution in [0.3, 0.4) is 0 Å². The molecule has 1 amide bonds. The van der Waals surface area contributed by atoms with Gasteiger partial charge >= 0.3 is 0 Å². The zero-order chi connectivity index (χ0) is 22.2. The highest BCUT2D eigenvalue weighted by molar-refractivity contribution is 5.94. The van der Waals surface area contributed by atoms with Crippen LogP contribution in [0, 0.1) is 11.3 Å². The van der Waals surface area contributed by atoms with Crippen LogP contribution in [0.1, 0.15) is 28.9 Å². The number of piperidine rings is 1. The third-order valence-electron chi connectivity index (χ3n) is 5.96. The SMILES string of the molecule is Cn1ncc2ccc(-n3nc(C(=O)N4CCCC(N)C4)cc3-c3ccc(C#N)cc3)cc21. The van der Waals surface area contributed by atoms with Crippen LogP contribution in [0.2, 0.25) is 0 Å². The molecule has 0 spiro atoms. The van der Waals surface area contributed by atoms with E-state index < -0.39 is 0 Å². The molecule has 1 saturated heterocycles. The Hall–Kier alpha value is -3.96. The molecular weight excluding hydrogens is 402 g/mol. The number of rotatable bonds is 3. The Morgan fingerprint density at radius 2 is 2.00 bits per heavy atom. The van der Waals surface area contributed by atoms with Gasteiger partial charge in [0.2, 0.25) is 0 Å². The fourth-order valence-electron chi connectivity index (χ4n) is 4.22. The summed E-state index contributed by atoms with van der Waals surface area (Å²) in [5.41, 5.74) is 10.5. The van der Waals surface area contributed by atoms with Gasteiger partial charge in [-0.05, 0) is 49.2 Å². The lowest BCUT2D eigenvalue weighted by Crippen LogP contribution is -2.45. The molecular formula is C24H23N7O. The molecule has 0 saturated carbocycles. The van der Waals surface area contributed by atoms with E-state index in [1.54, 1.807) is 21.7 Å². The molecule has 1 unspecified atom stereocenters. The Morgan fingerprint density at radius 3 is 2.75 bits per heavy atom. The summed E-state index contributed by atoms with van der Waals surface area (Å²) < 4.78 is 3.59. The van der Waals surface area contributed by atoms with Crippen molar-refractivity contribution in [1.82, 2.24) is 24.5 Å². The number of nitrogens with two attached hydrogens (primary N) is 1. The minimum Gasteiger partial charge on any atom is -0.336 e. The normalized spacial score (nSPS) is 16.3. The smallest absolute Gasteiger partial charge is 0.274 e. The molecule has 8 nitrogen and oxygen atoms in total. The molecule has 3 heterocycles. The minimum absolute atomic E-state index is 0.0000281. The van der Waals surface area contributed by atoms with Crippen LogP contribution in [0.15, 0.2) is 54.7 Å². The number of nitrogens with zero attached hydrogens (tertiary/aromatic N) is 6. The summed E-state index contributed by atoms with van der Waals surface area (Å²) in [6.45, 7) is 1.23. The van der Waals surface area contributed by atoms with E-state index in [4.69, 9.17) is 16.1 Å². The molecule has 2 N–H and O–H groups in total. The van der Waals surface area contributed by atoms with E-state index in [2.05, 4.69) is 11.2 Å². The molecule has 5 rings (SSSR count). The van der Waals surface area contributed by atoms with E-state index in [1.165, 1.54) is 0 Å². The van der Waals surface area contributed by atoms with Gasteiger partial charge in [-0.2, -0.15) is 15.5 Å². The highest BCUT2D eigenvalue weighted by atomic mass is 16.2. The van der Waals surface area contributed by atoms with Crippen molar-refractivity contribution in [2.24, 2.45) is 12.8 Å². The molecule has 8 heteroatoms. The Bertz CT molecular complexity index is 1340. The van der Waals surface area contributed by atoms with E-state index in [-0.39, 0.29) is 11.9 Å². The van der Waals surface area contributed by atoms with Crippen LogP contribution in [0.5, 0.6) is 0 Å². The second-order valence-corrected chi connectivity index (χ2v) is 8.18. The van der Waals surface area contributed by atoms with E-state index in [9.17, 15) is 4.79 Å². The third kappa shape index (κ3) is 3.53. The molecule has 4 aromatic rings. The third-order valence-corrected chi connectivity index (χ3v) is 5.96. The van der Waals surface area contributed by atoms with Gasteiger partial charge in [0.15, 0.2) is 5.69 Å². The predicted molar refractivity (Wildman–Crippen MR) is 121 cm³/mol. The molecule has 0 aliphatic carbocycles. The molecule has 160 valence electrons. The number of hydrogen-bond acceptors (Lipinski definition) is 5. The van der Waals surface area contributed by atoms with Crippen LogP contribution in [0.4, 0.5) is 0 Å². The summed E-state index contributed by atoms with van der Waals surface area (Å²) in [6.07, 6.45) is 3.64. The summed E-state index contributed by atoms with van der Waals surface area (Å²) in [4.78, 5) is 15.0. The number of carbonyl (C=O) groups is 1. The molecule has 0 bridgehead atoms. The van der Waals surface area contributed by atoms with Crippen LogP contribution in [-0.2, 0) is 7.05 Å². The highest BCUT2D eigenvalue weighted by Gasteiger charge is 2.26. The number of aromatic nitrogens is 4. The minimum atomic E-state index is -0.115. The first kappa shape index (κ1) is 20.0. The largest absolute Gasteiger partial charge is 0.336 e. The van der Waals surface area contributed by atoms with Gasteiger partial charge in [0.05, 0.1) is 34.7 Å². The van der Waals surface area contributed by atoms with Gasteiger partial charge in [0.25, 0.3) is 5.91 Å². The van der Waals surface area contributed by atoms with Gasteiger partial charge in [-0.1, -0.05) is 12.1 Å². The fourth-order valence-corrected chi connectivity index (χ4v) is 4.22. The Kier molecular flexibility index (Phi) is 4.96. The van der Waals surface area contributed by atoms with Crippen molar-refractivity contribution in [3.05, 3.63) is 66.0 Å². The van der Waals surface area contributed by atoms with E-state index >= 15 is 0 Å². The summed E-state index contributed by atoms with van der Waals surface area (Å²) >= 11 is 0. The molecule has 1 aliphatic heterocycles. The molecule has 1 fully saturated rings. The van der Waals surface area contributed by atoms with Gasteiger partial charge in [-0.15, -0.1) is 0 Å². The molecule has 2 aromatic heterocycles. The van der Waals surface area contributed by atoms with Crippen LogP contribution >= 0.6 is 0 Å². The number of amides is 1. The lowest BCUT2D eigenvalue weighted by molar-refractivity contribution is 0.0702.